The van der Waals surface area contributed by atoms with E-state index in [0.29, 0.717) is 30.8 Å². The van der Waals surface area contributed by atoms with Crippen molar-refractivity contribution in [2.24, 2.45) is 0 Å². The molecule has 0 spiro atoms. The first-order valence-corrected chi connectivity index (χ1v) is 10.9. The number of amides is 1. The molecule has 1 atom stereocenters. The van der Waals surface area contributed by atoms with Crippen LogP contribution in [-0.4, -0.2) is 49.6 Å². The zero-order chi connectivity index (χ0) is 20.3. The topological polar surface area (TPSA) is 66.9 Å². The highest BCUT2D eigenvalue weighted by atomic mass is 35.5. The molecule has 8 heteroatoms. The standard InChI is InChI=1S/C20H23ClN2O4S/c1-15-4-10-18(11-5-15)28(25,26)23-13-3-12-22(19(24)14-21)20(23)16-6-8-17(27-2)9-7-16/h4-11,20H,3,12-14H2,1-2H3/t20-/m0/s1. The minimum atomic E-state index is -3.80. The van der Waals surface area contributed by atoms with Crippen LogP contribution >= 0.6 is 11.6 Å². The van der Waals surface area contributed by atoms with Gasteiger partial charge in [0.05, 0.1) is 12.0 Å². The van der Waals surface area contributed by atoms with Crippen LogP contribution in [0.3, 0.4) is 0 Å². The maximum absolute atomic E-state index is 13.4. The molecule has 0 bridgehead atoms. The molecular formula is C20H23ClN2O4S. The number of rotatable bonds is 5. The summed E-state index contributed by atoms with van der Waals surface area (Å²) >= 11 is 5.80. The number of hydrogen-bond acceptors (Lipinski definition) is 4. The van der Waals surface area contributed by atoms with Gasteiger partial charge in [0.1, 0.15) is 17.8 Å². The number of methoxy groups -OCH3 is 1. The summed E-state index contributed by atoms with van der Waals surface area (Å²) in [7, 11) is -2.24. The van der Waals surface area contributed by atoms with Gasteiger partial charge in [0.15, 0.2) is 0 Å². The molecule has 0 saturated carbocycles. The molecule has 0 radical (unpaired) electrons. The minimum Gasteiger partial charge on any atom is -0.497 e. The predicted octanol–water partition coefficient (Wildman–Crippen LogP) is 3.16. The van der Waals surface area contributed by atoms with E-state index in [-0.39, 0.29) is 16.7 Å². The number of carbonyl (C=O) groups excluding carboxylic acids is 1. The van der Waals surface area contributed by atoms with Gasteiger partial charge in [-0.25, -0.2) is 8.42 Å². The van der Waals surface area contributed by atoms with E-state index in [0.717, 1.165) is 5.56 Å². The molecule has 1 amide bonds. The first kappa shape index (κ1) is 20.6. The lowest BCUT2D eigenvalue weighted by molar-refractivity contribution is -0.135. The number of halogens is 1. The predicted molar refractivity (Wildman–Crippen MR) is 108 cm³/mol. The highest BCUT2D eigenvalue weighted by Gasteiger charge is 2.40. The number of aryl methyl sites for hydroxylation is 1. The molecule has 0 N–H and O–H groups in total. The van der Waals surface area contributed by atoms with E-state index >= 15 is 0 Å². The first-order valence-electron chi connectivity index (χ1n) is 8.96. The summed E-state index contributed by atoms with van der Waals surface area (Å²) < 4.78 is 33.4. The van der Waals surface area contributed by atoms with Crippen molar-refractivity contribution in [1.82, 2.24) is 9.21 Å². The van der Waals surface area contributed by atoms with Gasteiger partial charge in [-0.1, -0.05) is 29.8 Å². The van der Waals surface area contributed by atoms with Crippen LogP contribution in [0.15, 0.2) is 53.4 Å². The van der Waals surface area contributed by atoms with Crippen molar-refractivity contribution in [2.75, 3.05) is 26.1 Å². The molecule has 150 valence electrons. The summed E-state index contributed by atoms with van der Waals surface area (Å²) in [5.74, 6) is 0.152. The van der Waals surface area contributed by atoms with Gasteiger partial charge in [0.25, 0.3) is 0 Å². The second kappa shape index (κ2) is 8.51. The van der Waals surface area contributed by atoms with Crippen LogP contribution in [0.1, 0.15) is 23.7 Å². The fraction of sp³-hybridized carbons (Fsp3) is 0.350. The number of nitrogens with zero attached hydrogens (tertiary/aromatic N) is 2. The first-order chi connectivity index (χ1) is 13.4. The molecule has 1 fully saturated rings. The van der Waals surface area contributed by atoms with E-state index in [2.05, 4.69) is 0 Å². The van der Waals surface area contributed by atoms with Gasteiger partial charge in [-0.2, -0.15) is 4.31 Å². The quantitative estimate of drug-likeness (QED) is 0.694. The van der Waals surface area contributed by atoms with Crippen LogP contribution in [0.2, 0.25) is 0 Å². The van der Waals surface area contributed by atoms with Gasteiger partial charge in [0.2, 0.25) is 15.9 Å². The van der Waals surface area contributed by atoms with E-state index in [1.807, 2.05) is 6.92 Å². The smallest absolute Gasteiger partial charge is 0.245 e. The van der Waals surface area contributed by atoms with Gasteiger partial charge < -0.3 is 9.64 Å². The van der Waals surface area contributed by atoms with E-state index in [4.69, 9.17) is 16.3 Å². The van der Waals surface area contributed by atoms with Crippen molar-refractivity contribution >= 4 is 27.5 Å². The van der Waals surface area contributed by atoms with E-state index < -0.39 is 16.2 Å². The molecule has 0 aromatic heterocycles. The summed E-state index contributed by atoms with van der Waals surface area (Å²) in [5, 5.41) is 0. The van der Waals surface area contributed by atoms with Crippen LogP contribution in [0.4, 0.5) is 0 Å². The third-order valence-corrected chi connectivity index (χ3v) is 6.92. The normalized spacial score (nSPS) is 18.1. The molecule has 1 heterocycles. The molecule has 1 saturated heterocycles. The molecule has 1 aliphatic heterocycles. The van der Waals surface area contributed by atoms with Gasteiger partial charge in [-0.3, -0.25) is 4.79 Å². The Labute approximate surface area is 170 Å². The molecule has 0 unspecified atom stereocenters. The summed E-state index contributed by atoms with van der Waals surface area (Å²) in [6.45, 7) is 2.67. The lowest BCUT2D eigenvalue weighted by Gasteiger charge is -2.43. The molecule has 2 aromatic rings. The van der Waals surface area contributed by atoms with Gasteiger partial charge in [-0.05, 0) is 43.2 Å². The molecule has 6 nitrogen and oxygen atoms in total. The fourth-order valence-electron chi connectivity index (χ4n) is 3.35. The second-order valence-corrected chi connectivity index (χ2v) is 8.81. The Morgan fingerprint density at radius 3 is 2.32 bits per heavy atom. The summed E-state index contributed by atoms with van der Waals surface area (Å²) in [5.41, 5.74) is 1.66. The number of sulfonamides is 1. The summed E-state index contributed by atoms with van der Waals surface area (Å²) in [4.78, 5) is 14.2. The fourth-order valence-corrected chi connectivity index (χ4v) is 5.13. The van der Waals surface area contributed by atoms with Crippen LogP contribution in [-0.2, 0) is 14.8 Å². The van der Waals surface area contributed by atoms with Crippen LogP contribution < -0.4 is 4.74 Å². The highest BCUT2D eigenvalue weighted by molar-refractivity contribution is 7.89. The van der Waals surface area contributed by atoms with Gasteiger partial charge in [0, 0.05) is 13.1 Å². The van der Waals surface area contributed by atoms with Crippen molar-refractivity contribution < 1.29 is 17.9 Å². The zero-order valence-electron chi connectivity index (χ0n) is 15.8. The van der Waals surface area contributed by atoms with Crippen molar-refractivity contribution in [1.29, 1.82) is 0 Å². The van der Waals surface area contributed by atoms with Crippen molar-refractivity contribution in [3.05, 3.63) is 59.7 Å². The number of hydrogen-bond donors (Lipinski definition) is 0. The summed E-state index contributed by atoms with van der Waals surface area (Å²) in [6, 6.07) is 13.8. The van der Waals surface area contributed by atoms with Gasteiger partial charge >= 0.3 is 0 Å². The summed E-state index contributed by atoms with van der Waals surface area (Å²) in [6.07, 6.45) is -0.211. The molecule has 3 rings (SSSR count). The average Bonchev–Trinajstić information content (AvgIpc) is 2.73. The van der Waals surface area contributed by atoms with E-state index in [1.165, 1.54) is 9.21 Å². The largest absolute Gasteiger partial charge is 0.497 e. The Kier molecular flexibility index (Phi) is 6.27. The van der Waals surface area contributed by atoms with Gasteiger partial charge in [-0.15, -0.1) is 11.6 Å². The van der Waals surface area contributed by atoms with Crippen LogP contribution in [0.5, 0.6) is 5.75 Å². The number of alkyl halides is 1. The Hall–Kier alpha value is -2.09. The van der Waals surface area contributed by atoms with Crippen molar-refractivity contribution in [2.45, 2.75) is 24.4 Å². The van der Waals surface area contributed by atoms with E-state index in [1.54, 1.807) is 55.6 Å². The maximum atomic E-state index is 13.4. The maximum Gasteiger partial charge on any atom is 0.245 e. The number of ether oxygens (including phenoxy) is 1. The zero-order valence-corrected chi connectivity index (χ0v) is 17.4. The Morgan fingerprint density at radius 1 is 1.11 bits per heavy atom. The van der Waals surface area contributed by atoms with Crippen LogP contribution in [0.25, 0.3) is 0 Å². The lowest BCUT2D eigenvalue weighted by Crippen LogP contribution is -2.52. The Balaban J connectivity index is 2.07. The number of benzene rings is 2. The third-order valence-electron chi connectivity index (χ3n) is 4.82. The molecule has 2 aromatic carbocycles. The van der Waals surface area contributed by atoms with Crippen LogP contribution in [0, 0.1) is 6.92 Å². The molecular weight excluding hydrogens is 400 g/mol. The van der Waals surface area contributed by atoms with E-state index in [9.17, 15) is 13.2 Å². The van der Waals surface area contributed by atoms with Crippen molar-refractivity contribution in [3.8, 4) is 5.75 Å². The SMILES string of the molecule is COc1ccc([C@H]2N(C(=O)CCl)CCCN2S(=O)(=O)c2ccc(C)cc2)cc1. The highest BCUT2D eigenvalue weighted by Crippen LogP contribution is 2.35. The third kappa shape index (κ3) is 4.01. The Bertz CT molecular complexity index is 930. The monoisotopic (exact) mass is 422 g/mol. The molecule has 0 aliphatic carbocycles. The minimum absolute atomic E-state index is 0.203. The lowest BCUT2D eigenvalue weighted by atomic mass is 10.1. The number of carbonyl (C=O) groups is 1. The van der Waals surface area contributed by atoms with Crippen molar-refractivity contribution in [3.63, 3.8) is 0 Å². The Morgan fingerprint density at radius 2 is 1.75 bits per heavy atom. The average molecular weight is 423 g/mol. The molecule has 28 heavy (non-hydrogen) atoms. The second-order valence-electron chi connectivity index (χ2n) is 6.65. The molecule has 1 aliphatic rings.